The molecule has 42 heavy (non-hydrogen) atoms. The maximum Gasteiger partial charge on any atom is 0.163 e. The molecule has 2 heterocycles. The summed E-state index contributed by atoms with van der Waals surface area (Å²) in [5, 5.41) is 0. The number of ether oxygens (including phenoxy) is 2. The Labute approximate surface area is 254 Å². The fourth-order valence-electron chi connectivity index (χ4n) is 5.24. The van der Waals surface area contributed by atoms with E-state index in [0.29, 0.717) is 12.0 Å². The van der Waals surface area contributed by atoms with E-state index in [4.69, 9.17) is 9.47 Å². The van der Waals surface area contributed by atoms with Crippen molar-refractivity contribution in [3.05, 3.63) is 82.7 Å². The van der Waals surface area contributed by atoms with Crippen molar-refractivity contribution >= 4 is 17.4 Å². The Morgan fingerprint density at radius 3 is 2.36 bits per heavy atom. The third-order valence-corrected chi connectivity index (χ3v) is 7.83. The lowest BCUT2D eigenvalue weighted by molar-refractivity contribution is -0.113. The number of hydrogen-bond acceptors (Lipinski definition) is 5. The number of nitrogens with zero attached hydrogens (tertiary/aromatic N) is 2. The standard InChI is InChI=1S/C26H27NO2.C11H23NO/c1-6-24(28)23(14-20-12-11-19(4)27-16-20)22-15-21(13-10-17(22)2)26-18(3)8-7-9-25(26)29-5;1-3-5-6-8-12(7-4-2)11-9-13-10-11/h7-16H,6H2,1-5H3;11H,3-10H2,1-2H3/b23-14-;. The molecule has 5 nitrogen and oxygen atoms in total. The van der Waals surface area contributed by atoms with Crippen LogP contribution in [0.3, 0.4) is 0 Å². The van der Waals surface area contributed by atoms with Crippen molar-refractivity contribution in [2.75, 3.05) is 33.4 Å². The van der Waals surface area contributed by atoms with Crippen LogP contribution in [0.1, 0.15) is 80.8 Å². The molecule has 1 aliphatic heterocycles. The summed E-state index contributed by atoms with van der Waals surface area (Å²) in [6.45, 7) is 16.9. The Hall–Kier alpha value is -3.28. The average molecular weight is 571 g/mol. The predicted octanol–water partition coefficient (Wildman–Crippen LogP) is 8.49. The zero-order valence-electron chi connectivity index (χ0n) is 26.8. The third-order valence-electron chi connectivity index (χ3n) is 7.83. The first kappa shape index (κ1) is 33.2. The van der Waals surface area contributed by atoms with Gasteiger partial charge in [0.25, 0.3) is 0 Å². The van der Waals surface area contributed by atoms with Crippen LogP contribution in [-0.4, -0.2) is 55.1 Å². The summed E-state index contributed by atoms with van der Waals surface area (Å²) in [4.78, 5) is 19.8. The van der Waals surface area contributed by atoms with Crippen LogP contribution in [0, 0.1) is 20.8 Å². The molecule has 1 aromatic heterocycles. The van der Waals surface area contributed by atoms with Crippen LogP contribution < -0.4 is 4.74 Å². The fourth-order valence-corrected chi connectivity index (χ4v) is 5.24. The van der Waals surface area contributed by atoms with E-state index in [1.165, 1.54) is 38.8 Å². The Morgan fingerprint density at radius 2 is 1.76 bits per heavy atom. The normalized spacial score (nSPS) is 13.4. The Bertz CT molecular complexity index is 1310. The first-order chi connectivity index (χ1) is 20.3. The minimum Gasteiger partial charge on any atom is -0.496 e. The molecule has 4 rings (SSSR count). The van der Waals surface area contributed by atoms with E-state index in [-0.39, 0.29) is 5.78 Å². The topological polar surface area (TPSA) is 51.7 Å². The highest BCUT2D eigenvalue weighted by atomic mass is 16.5. The molecule has 0 N–H and O–H groups in total. The van der Waals surface area contributed by atoms with E-state index in [9.17, 15) is 4.79 Å². The van der Waals surface area contributed by atoms with Crippen LogP contribution in [0.4, 0.5) is 0 Å². The van der Waals surface area contributed by atoms with Gasteiger partial charge in [-0.3, -0.25) is 14.7 Å². The first-order valence-corrected chi connectivity index (χ1v) is 15.6. The van der Waals surface area contributed by atoms with Gasteiger partial charge < -0.3 is 9.47 Å². The number of Topliss-reactive ketones (excluding diaryl/α,β-unsaturated/α-hetero) is 1. The number of pyridine rings is 1. The molecule has 0 amide bonds. The number of ketones is 1. The van der Waals surface area contributed by atoms with E-state index >= 15 is 0 Å². The van der Waals surface area contributed by atoms with E-state index in [1.807, 2.05) is 57.3 Å². The average Bonchev–Trinajstić information content (AvgIpc) is 2.96. The van der Waals surface area contributed by atoms with Crippen molar-refractivity contribution in [3.63, 3.8) is 0 Å². The van der Waals surface area contributed by atoms with Gasteiger partial charge in [-0.2, -0.15) is 0 Å². The fraction of sp³-hybridized carbons (Fsp3) is 0.459. The number of rotatable bonds is 13. The lowest BCUT2D eigenvalue weighted by Gasteiger charge is -2.37. The van der Waals surface area contributed by atoms with Crippen molar-refractivity contribution < 1.29 is 14.3 Å². The number of carbonyl (C=O) groups is 1. The second-order valence-electron chi connectivity index (χ2n) is 11.2. The summed E-state index contributed by atoms with van der Waals surface area (Å²) in [5.74, 6) is 0.942. The maximum atomic E-state index is 12.9. The van der Waals surface area contributed by atoms with Gasteiger partial charge in [-0.1, -0.05) is 63.9 Å². The van der Waals surface area contributed by atoms with E-state index in [1.54, 1.807) is 7.11 Å². The van der Waals surface area contributed by atoms with Crippen LogP contribution >= 0.6 is 0 Å². The molecule has 1 aliphatic rings. The van der Waals surface area contributed by atoms with Crippen molar-refractivity contribution in [3.8, 4) is 16.9 Å². The zero-order chi connectivity index (χ0) is 30.5. The van der Waals surface area contributed by atoms with Gasteiger partial charge in [0.2, 0.25) is 0 Å². The summed E-state index contributed by atoms with van der Waals surface area (Å²) >= 11 is 0. The molecule has 3 aromatic rings. The van der Waals surface area contributed by atoms with Crippen LogP contribution in [0.5, 0.6) is 5.75 Å². The molecule has 1 fully saturated rings. The van der Waals surface area contributed by atoms with Crippen molar-refractivity contribution in [1.82, 2.24) is 9.88 Å². The molecule has 0 saturated carbocycles. The molecule has 0 radical (unpaired) electrons. The molecule has 0 aliphatic carbocycles. The molecule has 226 valence electrons. The highest BCUT2D eigenvalue weighted by molar-refractivity contribution is 6.25. The number of unbranched alkanes of at least 4 members (excludes halogenated alkanes) is 2. The van der Waals surface area contributed by atoms with E-state index < -0.39 is 0 Å². The molecule has 0 atom stereocenters. The minimum atomic E-state index is 0.113. The van der Waals surface area contributed by atoms with E-state index in [2.05, 4.69) is 54.9 Å². The number of carbonyl (C=O) groups excluding carboxylic acids is 1. The number of benzene rings is 2. The van der Waals surface area contributed by atoms with Gasteiger partial charge in [-0.15, -0.1) is 0 Å². The monoisotopic (exact) mass is 570 g/mol. The molecular formula is C37H50N2O3. The molecule has 2 aromatic carbocycles. The molecule has 5 heteroatoms. The quantitative estimate of drug-likeness (QED) is 0.152. The number of hydrogen-bond donors (Lipinski definition) is 0. The third kappa shape index (κ3) is 9.11. The number of aryl methyl sites for hydroxylation is 3. The molecule has 0 unspecified atom stereocenters. The highest BCUT2D eigenvalue weighted by Gasteiger charge is 2.24. The van der Waals surface area contributed by atoms with Gasteiger partial charge in [0, 0.05) is 29.4 Å². The van der Waals surface area contributed by atoms with Gasteiger partial charge in [0.05, 0.1) is 26.4 Å². The summed E-state index contributed by atoms with van der Waals surface area (Å²) in [5.41, 5.74) is 7.82. The largest absolute Gasteiger partial charge is 0.496 e. The Balaban J connectivity index is 0.000000312. The van der Waals surface area contributed by atoms with Crippen LogP contribution in [0.15, 0.2) is 54.7 Å². The lowest BCUT2D eigenvalue weighted by atomic mass is 9.90. The van der Waals surface area contributed by atoms with Crippen molar-refractivity contribution in [2.24, 2.45) is 0 Å². The van der Waals surface area contributed by atoms with Crippen molar-refractivity contribution in [1.29, 1.82) is 0 Å². The second-order valence-corrected chi connectivity index (χ2v) is 11.2. The van der Waals surface area contributed by atoms with Gasteiger partial charge in [-0.05, 0) is 98.8 Å². The van der Waals surface area contributed by atoms with Crippen molar-refractivity contribution in [2.45, 2.75) is 79.7 Å². The zero-order valence-corrected chi connectivity index (χ0v) is 26.8. The predicted molar refractivity (Wildman–Crippen MR) is 176 cm³/mol. The number of aromatic nitrogens is 1. The SMILES string of the molecule is CCC(=O)/C(=C\c1ccc(C)nc1)c1cc(-c2c(C)cccc2OC)ccc1C.CCCCCN(CCC)C1COC1. The minimum absolute atomic E-state index is 0.113. The van der Waals surface area contributed by atoms with Crippen LogP contribution in [0.2, 0.25) is 0 Å². The Morgan fingerprint density at radius 1 is 0.976 bits per heavy atom. The Kier molecular flexibility index (Phi) is 13.4. The summed E-state index contributed by atoms with van der Waals surface area (Å²) < 4.78 is 10.8. The lowest BCUT2D eigenvalue weighted by Crippen LogP contribution is -2.49. The maximum absolute atomic E-state index is 12.9. The molecular weight excluding hydrogens is 520 g/mol. The smallest absolute Gasteiger partial charge is 0.163 e. The molecule has 1 saturated heterocycles. The number of allylic oxidation sites excluding steroid dienone is 1. The highest BCUT2D eigenvalue weighted by Crippen LogP contribution is 2.36. The van der Waals surface area contributed by atoms with Gasteiger partial charge in [-0.25, -0.2) is 0 Å². The first-order valence-electron chi connectivity index (χ1n) is 15.6. The van der Waals surface area contributed by atoms with E-state index in [0.717, 1.165) is 64.1 Å². The van der Waals surface area contributed by atoms with Gasteiger partial charge >= 0.3 is 0 Å². The second kappa shape index (κ2) is 17.0. The summed E-state index contributed by atoms with van der Waals surface area (Å²) in [6.07, 6.45) is 9.51. The van der Waals surface area contributed by atoms with Gasteiger partial charge in [0.15, 0.2) is 5.78 Å². The summed E-state index contributed by atoms with van der Waals surface area (Å²) in [6, 6.07) is 17.0. The molecule has 0 spiro atoms. The number of methoxy groups -OCH3 is 1. The summed E-state index contributed by atoms with van der Waals surface area (Å²) in [7, 11) is 1.68. The van der Waals surface area contributed by atoms with Crippen LogP contribution in [-0.2, 0) is 9.53 Å². The molecule has 0 bridgehead atoms. The van der Waals surface area contributed by atoms with Crippen LogP contribution in [0.25, 0.3) is 22.8 Å². The van der Waals surface area contributed by atoms with Gasteiger partial charge in [0.1, 0.15) is 5.75 Å².